The van der Waals surface area contributed by atoms with E-state index in [9.17, 15) is 9.59 Å². The maximum atomic E-state index is 12.8. The van der Waals surface area contributed by atoms with Crippen LogP contribution in [0.3, 0.4) is 0 Å². The average molecular weight is 336 g/mol. The van der Waals surface area contributed by atoms with Crippen molar-refractivity contribution in [1.82, 2.24) is 0 Å². The first kappa shape index (κ1) is 16.8. The molecule has 0 radical (unpaired) electrons. The first-order valence-electron chi connectivity index (χ1n) is 7.83. The van der Waals surface area contributed by atoms with Gasteiger partial charge in [0.05, 0.1) is 23.3 Å². The highest BCUT2D eigenvalue weighted by Gasteiger charge is 2.19. The summed E-state index contributed by atoms with van der Waals surface area (Å²) in [5, 5.41) is 17.7. The molecule has 0 heterocycles. The van der Waals surface area contributed by atoms with Crippen molar-refractivity contribution in [1.29, 1.82) is 10.5 Å². The van der Waals surface area contributed by atoms with E-state index in [-0.39, 0.29) is 11.6 Å². The Morgan fingerprint density at radius 2 is 0.923 bits per heavy atom. The minimum absolute atomic E-state index is 0.285. The highest BCUT2D eigenvalue weighted by Crippen LogP contribution is 2.19. The van der Waals surface area contributed by atoms with E-state index in [1.54, 1.807) is 72.8 Å². The third kappa shape index (κ3) is 3.26. The molecule has 0 unspecified atom stereocenters. The topological polar surface area (TPSA) is 81.7 Å². The molecule has 3 aromatic carbocycles. The number of carbonyl (C=O) groups excluding carboxylic acids is 2. The van der Waals surface area contributed by atoms with Crippen LogP contribution in [0.5, 0.6) is 0 Å². The van der Waals surface area contributed by atoms with Crippen LogP contribution in [-0.4, -0.2) is 11.6 Å². The highest BCUT2D eigenvalue weighted by molar-refractivity contribution is 6.19. The summed E-state index contributed by atoms with van der Waals surface area (Å²) in [7, 11) is 0. The SMILES string of the molecule is N#Cc1ccc(C(=O)c2ccccc2C(=O)c2ccc(C#N)cc2)cc1. The summed E-state index contributed by atoms with van der Waals surface area (Å²) in [5.41, 5.74) is 2.33. The molecule has 0 aliphatic rings. The highest BCUT2D eigenvalue weighted by atomic mass is 16.1. The number of hydrogen-bond donors (Lipinski definition) is 0. The molecule has 122 valence electrons. The Kier molecular flexibility index (Phi) is 4.69. The summed E-state index contributed by atoms with van der Waals surface area (Å²) < 4.78 is 0. The van der Waals surface area contributed by atoms with Crippen LogP contribution in [-0.2, 0) is 0 Å². The lowest BCUT2D eigenvalue weighted by molar-refractivity contribution is 0.100. The van der Waals surface area contributed by atoms with Crippen LogP contribution in [0.2, 0.25) is 0 Å². The van der Waals surface area contributed by atoms with Gasteiger partial charge in [-0.3, -0.25) is 9.59 Å². The summed E-state index contributed by atoms with van der Waals surface area (Å²) in [6, 6.07) is 23.2. The van der Waals surface area contributed by atoms with E-state index in [1.807, 2.05) is 12.1 Å². The number of hydrogen-bond acceptors (Lipinski definition) is 4. The summed E-state index contributed by atoms with van der Waals surface area (Å²) in [6.45, 7) is 0. The van der Waals surface area contributed by atoms with Crippen LogP contribution in [0, 0.1) is 22.7 Å². The fraction of sp³-hybridized carbons (Fsp3) is 0. The van der Waals surface area contributed by atoms with Crippen LogP contribution < -0.4 is 0 Å². The van der Waals surface area contributed by atoms with E-state index >= 15 is 0 Å². The average Bonchev–Trinajstić information content (AvgIpc) is 2.73. The molecule has 0 fully saturated rings. The molecule has 3 aromatic rings. The van der Waals surface area contributed by atoms with E-state index < -0.39 is 0 Å². The van der Waals surface area contributed by atoms with E-state index in [2.05, 4.69) is 0 Å². The Morgan fingerprint density at radius 1 is 0.577 bits per heavy atom. The van der Waals surface area contributed by atoms with Gasteiger partial charge < -0.3 is 0 Å². The van der Waals surface area contributed by atoms with Gasteiger partial charge in [0.1, 0.15) is 0 Å². The first-order chi connectivity index (χ1) is 12.6. The van der Waals surface area contributed by atoms with Gasteiger partial charge in [0, 0.05) is 22.3 Å². The van der Waals surface area contributed by atoms with Gasteiger partial charge in [-0.15, -0.1) is 0 Å². The number of ketones is 2. The van der Waals surface area contributed by atoms with E-state index in [4.69, 9.17) is 10.5 Å². The van der Waals surface area contributed by atoms with Crippen molar-refractivity contribution in [2.45, 2.75) is 0 Å². The third-order valence-corrected chi connectivity index (χ3v) is 3.97. The van der Waals surface area contributed by atoms with E-state index in [1.165, 1.54) is 0 Å². The van der Waals surface area contributed by atoms with Crippen LogP contribution in [0.1, 0.15) is 43.0 Å². The number of rotatable bonds is 4. The quantitative estimate of drug-likeness (QED) is 0.677. The second-order valence-corrected chi connectivity index (χ2v) is 5.58. The number of nitrogens with zero attached hydrogens (tertiary/aromatic N) is 2. The molecular formula is C22H12N2O2. The molecule has 3 rings (SSSR count). The molecule has 26 heavy (non-hydrogen) atoms. The predicted octanol–water partition coefficient (Wildman–Crippen LogP) is 3.89. The Hall–Kier alpha value is -4.02. The summed E-state index contributed by atoms with van der Waals surface area (Å²) in [6.07, 6.45) is 0. The Bertz CT molecular complexity index is 978. The van der Waals surface area contributed by atoms with Crippen LogP contribution in [0.4, 0.5) is 0 Å². The van der Waals surface area contributed by atoms with Crippen molar-refractivity contribution in [3.05, 3.63) is 106 Å². The lowest BCUT2D eigenvalue weighted by Gasteiger charge is -2.08. The number of benzene rings is 3. The molecule has 0 saturated heterocycles. The molecule has 4 nitrogen and oxygen atoms in total. The first-order valence-corrected chi connectivity index (χ1v) is 7.83. The Labute approximate surface area is 150 Å². The maximum absolute atomic E-state index is 12.8. The largest absolute Gasteiger partial charge is 0.289 e. The van der Waals surface area contributed by atoms with Crippen LogP contribution >= 0.6 is 0 Å². The Morgan fingerprint density at radius 3 is 1.23 bits per heavy atom. The van der Waals surface area contributed by atoms with Gasteiger partial charge in [-0.05, 0) is 48.5 Å². The molecule has 0 aliphatic heterocycles. The van der Waals surface area contributed by atoms with Crippen molar-refractivity contribution in [2.24, 2.45) is 0 Å². The molecule has 0 saturated carbocycles. The van der Waals surface area contributed by atoms with E-state index in [0.717, 1.165) is 0 Å². The minimum Gasteiger partial charge on any atom is -0.289 e. The lowest BCUT2D eigenvalue weighted by Crippen LogP contribution is -2.11. The lowest BCUT2D eigenvalue weighted by atomic mass is 9.93. The van der Waals surface area contributed by atoms with Crippen molar-refractivity contribution in [3.8, 4) is 12.1 Å². The molecule has 0 spiro atoms. The van der Waals surface area contributed by atoms with Gasteiger partial charge in [0.15, 0.2) is 11.6 Å². The van der Waals surface area contributed by atoms with E-state index in [0.29, 0.717) is 33.4 Å². The molecule has 0 aromatic heterocycles. The van der Waals surface area contributed by atoms with Crippen molar-refractivity contribution < 1.29 is 9.59 Å². The molecular weight excluding hydrogens is 324 g/mol. The van der Waals surface area contributed by atoms with Gasteiger partial charge in [-0.2, -0.15) is 10.5 Å². The van der Waals surface area contributed by atoms with Gasteiger partial charge in [0.25, 0.3) is 0 Å². The Balaban J connectivity index is 1.99. The fourth-order valence-electron chi connectivity index (χ4n) is 2.58. The molecule has 0 atom stereocenters. The van der Waals surface area contributed by atoms with Gasteiger partial charge >= 0.3 is 0 Å². The monoisotopic (exact) mass is 336 g/mol. The zero-order valence-corrected chi connectivity index (χ0v) is 13.6. The van der Waals surface area contributed by atoms with Crippen molar-refractivity contribution in [2.75, 3.05) is 0 Å². The molecule has 0 N–H and O–H groups in total. The summed E-state index contributed by atoms with van der Waals surface area (Å²) in [4.78, 5) is 25.6. The standard InChI is InChI=1S/C22H12N2O2/c23-13-15-5-9-17(10-6-15)21(25)19-3-1-2-4-20(19)22(26)18-11-7-16(14-24)8-12-18/h1-12H. The second kappa shape index (κ2) is 7.25. The van der Waals surface area contributed by atoms with Crippen LogP contribution in [0.15, 0.2) is 72.8 Å². The van der Waals surface area contributed by atoms with Gasteiger partial charge in [-0.25, -0.2) is 0 Å². The maximum Gasteiger partial charge on any atom is 0.193 e. The van der Waals surface area contributed by atoms with Gasteiger partial charge in [0.2, 0.25) is 0 Å². The molecule has 0 bridgehead atoms. The molecule has 4 heteroatoms. The third-order valence-electron chi connectivity index (χ3n) is 3.97. The zero-order chi connectivity index (χ0) is 18.5. The molecule has 0 amide bonds. The summed E-state index contributed by atoms with van der Waals surface area (Å²) in [5.74, 6) is -0.570. The van der Waals surface area contributed by atoms with Crippen molar-refractivity contribution >= 4 is 11.6 Å². The number of carbonyl (C=O) groups is 2. The molecule has 0 aliphatic carbocycles. The smallest absolute Gasteiger partial charge is 0.193 e. The van der Waals surface area contributed by atoms with Crippen molar-refractivity contribution in [3.63, 3.8) is 0 Å². The minimum atomic E-state index is -0.285. The normalized spacial score (nSPS) is 9.77. The zero-order valence-electron chi connectivity index (χ0n) is 13.6. The number of nitriles is 2. The van der Waals surface area contributed by atoms with Gasteiger partial charge in [-0.1, -0.05) is 24.3 Å². The second-order valence-electron chi connectivity index (χ2n) is 5.58. The van der Waals surface area contributed by atoms with Crippen LogP contribution in [0.25, 0.3) is 0 Å². The fourth-order valence-corrected chi connectivity index (χ4v) is 2.58. The summed E-state index contributed by atoms with van der Waals surface area (Å²) >= 11 is 0. The predicted molar refractivity (Wildman–Crippen MR) is 95.6 cm³/mol.